The average molecular weight is 409 g/mol. The highest BCUT2D eigenvalue weighted by Crippen LogP contribution is 2.21. The van der Waals surface area contributed by atoms with E-state index in [-0.39, 0.29) is 0 Å². The molecule has 2 aromatic carbocycles. The molecule has 4 nitrogen and oxygen atoms in total. The van der Waals surface area contributed by atoms with Gasteiger partial charge < -0.3 is 15.4 Å². The summed E-state index contributed by atoms with van der Waals surface area (Å²) < 4.78 is 4.71. The van der Waals surface area contributed by atoms with Crippen molar-refractivity contribution in [2.45, 2.75) is 12.2 Å². The molecule has 0 atom stereocenters. The third-order valence-corrected chi connectivity index (χ3v) is 5.18. The van der Waals surface area contributed by atoms with Gasteiger partial charge in [0.1, 0.15) is 0 Å². The van der Waals surface area contributed by atoms with Gasteiger partial charge >= 0.3 is 5.97 Å². The van der Waals surface area contributed by atoms with Gasteiger partial charge in [0.05, 0.1) is 17.7 Å². The van der Waals surface area contributed by atoms with Gasteiger partial charge in [-0.1, -0.05) is 41.9 Å². The smallest absolute Gasteiger partial charge is 0.339 e. The summed E-state index contributed by atoms with van der Waals surface area (Å²) >= 11 is 13.2. The Morgan fingerprint density at radius 2 is 2.00 bits per heavy atom. The van der Waals surface area contributed by atoms with Crippen LogP contribution in [-0.2, 0) is 10.5 Å². The Morgan fingerprint density at radius 3 is 2.73 bits per heavy atom. The molecule has 0 aromatic heterocycles. The normalized spacial score (nSPS) is 10.2. The van der Waals surface area contributed by atoms with Gasteiger partial charge in [0.15, 0.2) is 5.11 Å². The summed E-state index contributed by atoms with van der Waals surface area (Å²) in [6.45, 7) is 0.783. The molecule has 0 fully saturated rings. The SMILES string of the molecule is COC(=O)c1cc(NC(=S)NCCCSCc2ccccc2)ccc1Cl. The third kappa shape index (κ3) is 6.86. The van der Waals surface area contributed by atoms with Crippen LogP contribution in [0.15, 0.2) is 48.5 Å². The molecule has 0 radical (unpaired) electrons. The predicted molar refractivity (Wildman–Crippen MR) is 114 cm³/mol. The number of rotatable bonds is 8. The molecule has 0 aliphatic heterocycles. The monoisotopic (exact) mass is 408 g/mol. The Balaban J connectivity index is 1.68. The van der Waals surface area contributed by atoms with Gasteiger partial charge in [-0.3, -0.25) is 0 Å². The van der Waals surface area contributed by atoms with Crippen molar-refractivity contribution in [2.24, 2.45) is 0 Å². The summed E-state index contributed by atoms with van der Waals surface area (Å²) in [7, 11) is 1.32. The average Bonchev–Trinajstić information content (AvgIpc) is 2.66. The van der Waals surface area contributed by atoms with Crippen LogP contribution in [0.4, 0.5) is 5.69 Å². The van der Waals surface area contributed by atoms with Crippen LogP contribution >= 0.6 is 35.6 Å². The molecule has 7 heteroatoms. The van der Waals surface area contributed by atoms with Crippen LogP contribution in [0.5, 0.6) is 0 Å². The highest BCUT2D eigenvalue weighted by molar-refractivity contribution is 7.98. The van der Waals surface area contributed by atoms with Gasteiger partial charge in [-0.2, -0.15) is 11.8 Å². The number of halogens is 1. The van der Waals surface area contributed by atoms with E-state index in [9.17, 15) is 4.79 Å². The Labute approximate surface area is 168 Å². The number of nitrogens with one attached hydrogen (secondary N) is 2. The molecule has 2 N–H and O–H groups in total. The highest BCUT2D eigenvalue weighted by atomic mass is 35.5. The topological polar surface area (TPSA) is 50.4 Å². The van der Waals surface area contributed by atoms with Crippen molar-refractivity contribution < 1.29 is 9.53 Å². The Kier molecular flexibility index (Phi) is 8.74. The Bertz CT molecular complexity index is 742. The molecule has 0 unspecified atom stereocenters. The van der Waals surface area contributed by atoms with Crippen LogP contribution in [-0.4, -0.2) is 30.5 Å². The molecular formula is C19H21ClN2O2S2. The van der Waals surface area contributed by atoms with E-state index in [1.54, 1.807) is 18.2 Å². The second-order valence-electron chi connectivity index (χ2n) is 5.46. The molecule has 2 rings (SSSR count). The van der Waals surface area contributed by atoms with Crippen LogP contribution in [0.25, 0.3) is 0 Å². The molecule has 2 aromatic rings. The Hall–Kier alpha value is -1.76. The number of hydrogen-bond donors (Lipinski definition) is 2. The van der Waals surface area contributed by atoms with Gasteiger partial charge in [0, 0.05) is 18.0 Å². The van der Waals surface area contributed by atoms with Crippen LogP contribution in [0.2, 0.25) is 5.02 Å². The zero-order valence-corrected chi connectivity index (χ0v) is 16.8. The number of benzene rings is 2. The molecular weight excluding hydrogens is 388 g/mol. The fourth-order valence-corrected chi connectivity index (χ4v) is 3.52. The lowest BCUT2D eigenvalue weighted by molar-refractivity contribution is 0.0601. The van der Waals surface area contributed by atoms with Crippen LogP contribution < -0.4 is 10.6 Å². The van der Waals surface area contributed by atoms with Crippen molar-refractivity contribution >= 4 is 52.3 Å². The molecule has 0 amide bonds. The van der Waals surface area contributed by atoms with E-state index in [2.05, 4.69) is 34.9 Å². The summed E-state index contributed by atoms with van der Waals surface area (Å²) in [5.41, 5.74) is 2.33. The molecule has 0 saturated heterocycles. The first kappa shape index (κ1) is 20.6. The minimum Gasteiger partial charge on any atom is -0.465 e. The van der Waals surface area contributed by atoms with Gasteiger partial charge in [-0.15, -0.1) is 0 Å². The molecule has 26 heavy (non-hydrogen) atoms. The lowest BCUT2D eigenvalue weighted by Crippen LogP contribution is -2.29. The lowest BCUT2D eigenvalue weighted by Gasteiger charge is -2.12. The molecule has 0 aliphatic carbocycles. The van der Waals surface area contributed by atoms with E-state index in [0.717, 1.165) is 24.5 Å². The lowest BCUT2D eigenvalue weighted by atomic mass is 10.2. The van der Waals surface area contributed by atoms with Crippen molar-refractivity contribution in [3.8, 4) is 0 Å². The molecule has 0 aliphatic rings. The highest BCUT2D eigenvalue weighted by Gasteiger charge is 2.11. The number of thioether (sulfide) groups is 1. The number of methoxy groups -OCH3 is 1. The van der Waals surface area contributed by atoms with E-state index < -0.39 is 5.97 Å². The van der Waals surface area contributed by atoms with Crippen LogP contribution in [0.1, 0.15) is 22.3 Å². The van der Waals surface area contributed by atoms with Crippen LogP contribution in [0.3, 0.4) is 0 Å². The fraction of sp³-hybridized carbons (Fsp3) is 0.263. The first-order valence-electron chi connectivity index (χ1n) is 8.14. The maximum Gasteiger partial charge on any atom is 0.339 e. The zero-order valence-electron chi connectivity index (χ0n) is 14.5. The summed E-state index contributed by atoms with van der Waals surface area (Å²) in [6.07, 6.45) is 1.01. The number of anilines is 1. The second kappa shape index (κ2) is 11.1. The minimum absolute atomic E-state index is 0.305. The Morgan fingerprint density at radius 1 is 1.23 bits per heavy atom. The maximum atomic E-state index is 11.7. The number of esters is 1. The van der Waals surface area contributed by atoms with Gasteiger partial charge in [0.2, 0.25) is 0 Å². The number of carbonyl (C=O) groups is 1. The zero-order chi connectivity index (χ0) is 18.8. The van der Waals surface area contributed by atoms with E-state index >= 15 is 0 Å². The molecule has 138 valence electrons. The predicted octanol–water partition coefficient (Wildman–Crippen LogP) is 4.74. The van der Waals surface area contributed by atoms with Crippen LogP contribution in [0, 0.1) is 0 Å². The van der Waals surface area contributed by atoms with Crippen molar-refractivity contribution in [3.05, 3.63) is 64.7 Å². The first-order valence-corrected chi connectivity index (χ1v) is 10.1. The van der Waals surface area contributed by atoms with Gasteiger partial charge in [-0.05, 0) is 48.2 Å². The van der Waals surface area contributed by atoms with E-state index in [0.29, 0.717) is 21.4 Å². The minimum atomic E-state index is -0.479. The number of hydrogen-bond acceptors (Lipinski definition) is 4. The molecule has 0 spiro atoms. The molecule has 0 saturated carbocycles. The number of thiocarbonyl (C=S) groups is 1. The van der Waals surface area contributed by atoms with E-state index in [1.165, 1.54) is 12.7 Å². The first-order chi connectivity index (χ1) is 12.6. The van der Waals surface area contributed by atoms with Gasteiger partial charge in [-0.25, -0.2) is 4.79 Å². The standard InChI is InChI=1S/C19H21ClN2O2S2/c1-24-18(23)16-12-15(8-9-17(16)20)22-19(25)21-10-5-11-26-13-14-6-3-2-4-7-14/h2-4,6-9,12H,5,10-11,13H2,1H3,(H2,21,22,25). The number of ether oxygens (including phenoxy) is 1. The van der Waals surface area contributed by atoms with E-state index in [4.69, 9.17) is 28.6 Å². The van der Waals surface area contributed by atoms with Crippen molar-refractivity contribution in [3.63, 3.8) is 0 Å². The quantitative estimate of drug-likeness (QED) is 0.374. The van der Waals surface area contributed by atoms with Gasteiger partial charge in [0.25, 0.3) is 0 Å². The molecule has 0 bridgehead atoms. The second-order valence-corrected chi connectivity index (χ2v) is 7.38. The maximum absolute atomic E-state index is 11.7. The largest absolute Gasteiger partial charge is 0.465 e. The molecule has 0 heterocycles. The summed E-state index contributed by atoms with van der Waals surface area (Å²) in [4.78, 5) is 11.7. The summed E-state index contributed by atoms with van der Waals surface area (Å²) in [5, 5.41) is 7.07. The van der Waals surface area contributed by atoms with Crippen molar-refractivity contribution in [2.75, 3.05) is 24.7 Å². The van der Waals surface area contributed by atoms with E-state index in [1.807, 2.05) is 17.8 Å². The van der Waals surface area contributed by atoms with Crippen molar-refractivity contribution in [1.82, 2.24) is 5.32 Å². The summed E-state index contributed by atoms with van der Waals surface area (Å²) in [6, 6.07) is 15.4. The fourth-order valence-electron chi connectivity index (χ4n) is 2.19. The number of carbonyl (C=O) groups excluding carboxylic acids is 1. The summed E-state index contributed by atoms with van der Waals surface area (Å²) in [5.74, 6) is 1.59. The van der Waals surface area contributed by atoms with Crippen molar-refractivity contribution in [1.29, 1.82) is 0 Å². The third-order valence-electron chi connectivity index (χ3n) is 3.49.